The van der Waals surface area contributed by atoms with Gasteiger partial charge in [0.1, 0.15) is 0 Å². The molecule has 0 radical (unpaired) electrons. The molecule has 1 saturated carbocycles. The lowest BCUT2D eigenvalue weighted by Gasteiger charge is -2.25. The molecule has 3 rings (SSSR count). The first-order valence-corrected chi connectivity index (χ1v) is 8.40. The first-order chi connectivity index (χ1) is 11.5. The Morgan fingerprint density at radius 3 is 2.67 bits per heavy atom. The van der Waals surface area contributed by atoms with E-state index in [0.29, 0.717) is 22.6 Å². The maximum atomic E-state index is 12.3. The van der Waals surface area contributed by atoms with E-state index in [4.69, 9.17) is 34.3 Å². The van der Waals surface area contributed by atoms with Gasteiger partial charge >= 0.3 is 5.97 Å². The zero-order chi connectivity index (χ0) is 17.3. The maximum Gasteiger partial charge on any atom is 0.360 e. The Morgan fingerprint density at radius 2 is 2.12 bits per heavy atom. The topological polar surface area (TPSA) is 73.4 Å². The molecule has 1 fully saturated rings. The van der Waals surface area contributed by atoms with Gasteiger partial charge in [-0.15, -0.1) is 0 Å². The molecule has 1 aliphatic rings. The third-order valence-corrected chi connectivity index (χ3v) is 4.13. The monoisotopic (exact) mass is 364 g/mol. The Kier molecular flexibility index (Phi) is 4.73. The first-order valence-electron chi connectivity index (χ1n) is 7.62. The second-order valence-electron chi connectivity index (χ2n) is 5.43. The summed E-state index contributed by atoms with van der Waals surface area (Å²) < 4.78 is 7.05. The minimum absolute atomic E-state index is 0.116. The number of carbonyl (C=O) groups excluding carboxylic acids is 1. The second-order valence-corrected chi connectivity index (χ2v) is 6.28. The Morgan fingerprint density at radius 1 is 1.46 bits per heavy atom. The van der Waals surface area contributed by atoms with Gasteiger partial charge in [-0.05, 0) is 56.2 Å². The molecule has 0 aliphatic heterocycles. The van der Waals surface area contributed by atoms with E-state index in [-0.39, 0.29) is 17.4 Å². The van der Waals surface area contributed by atoms with Crippen molar-refractivity contribution in [2.75, 3.05) is 11.5 Å². The maximum absolute atomic E-state index is 12.3. The van der Waals surface area contributed by atoms with Gasteiger partial charge in [0, 0.05) is 16.8 Å². The fraction of sp³-hybridized carbons (Fsp3) is 0.312. The van der Waals surface area contributed by atoms with Crippen LogP contribution in [-0.2, 0) is 4.74 Å². The van der Waals surface area contributed by atoms with E-state index in [2.05, 4.69) is 4.98 Å². The van der Waals surface area contributed by atoms with Crippen molar-refractivity contribution in [3.05, 3.63) is 41.3 Å². The fourth-order valence-corrected chi connectivity index (χ4v) is 2.80. The fourth-order valence-electron chi connectivity index (χ4n) is 2.48. The molecule has 24 heavy (non-hydrogen) atoms. The molecule has 0 unspecified atom stereocenters. The number of rotatable bonds is 5. The molecule has 0 amide bonds. The molecule has 1 aliphatic carbocycles. The molecule has 1 aromatic carbocycles. The molecule has 0 spiro atoms. The Balaban J connectivity index is 2.12. The first kappa shape index (κ1) is 16.7. The number of imidazole rings is 1. The van der Waals surface area contributed by atoms with Gasteiger partial charge in [0.25, 0.3) is 0 Å². The largest absolute Gasteiger partial charge is 0.461 e. The van der Waals surface area contributed by atoms with Crippen molar-refractivity contribution in [1.29, 1.82) is 0 Å². The van der Waals surface area contributed by atoms with Crippen molar-refractivity contribution in [3.8, 4) is 0 Å². The SMILES string of the molecule is CCOC(=O)c1ncn(C2CC2)c1N(C(N)=S)c1ccc(Cl)cc1. The highest BCUT2D eigenvalue weighted by atomic mass is 35.5. The van der Waals surface area contributed by atoms with Gasteiger partial charge < -0.3 is 15.0 Å². The number of halogens is 1. The van der Waals surface area contributed by atoms with Crippen molar-refractivity contribution < 1.29 is 9.53 Å². The van der Waals surface area contributed by atoms with E-state index < -0.39 is 5.97 Å². The van der Waals surface area contributed by atoms with Crippen LogP contribution in [0.2, 0.25) is 5.02 Å². The molecule has 0 bridgehead atoms. The number of nitrogens with two attached hydrogens (primary N) is 1. The zero-order valence-electron chi connectivity index (χ0n) is 13.1. The van der Waals surface area contributed by atoms with Gasteiger partial charge in [-0.1, -0.05) is 11.6 Å². The van der Waals surface area contributed by atoms with Crippen LogP contribution >= 0.6 is 23.8 Å². The van der Waals surface area contributed by atoms with Gasteiger partial charge in [0.15, 0.2) is 16.6 Å². The third kappa shape index (κ3) is 3.22. The highest BCUT2D eigenvalue weighted by Crippen LogP contribution is 2.41. The van der Waals surface area contributed by atoms with E-state index in [0.717, 1.165) is 12.8 Å². The molecule has 2 N–H and O–H groups in total. The lowest BCUT2D eigenvalue weighted by atomic mass is 10.2. The number of ether oxygens (including phenoxy) is 1. The highest BCUT2D eigenvalue weighted by Gasteiger charge is 2.33. The van der Waals surface area contributed by atoms with Gasteiger partial charge in [-0.3, -0.25) is 4.90 Å². The van der Waals surface area contributed by atoms with Crippen molar-refractivity contribution in [3.63, 3.8) is 0 Å². The summed E-state index contributed by atoms with van der Waals surface area (Å²) in [6.07, 6.45) is 3.69. The van der Waals surface area contributed by atoms with E-state index in [1.165, 1.54) is 0 Å². The lowest BCUT2D eigenvalue weighted by Crippen LogP contribution is -2.34. The summed E-state index contributed by atoms with van der Waals surface area (Å²) in [6.45, 7) is 2.02. The van der Waals surface area contributed by atoms with E-state index in [1.54, 1.807) is 42.4 Å². The van der Waals surface area contributed by atoms with Crippen molar-refractivity contribution in [2.24, 2.45) is 5.73 Å². The van der Waals surface area contributed by atoms with Crippen LogP contribution in [0.4, 0.5) is 11.5 Å². The van der Waals surface area contributed by atoms with Gasteiger partial charge in [0.2, 0.25) is 0 Å². The van der Waals surface area contributed by atoms with E-state index in [9.17, 15) is 4.79 Å². The highest BCUT2D eigenvalue weighted by molar-refractivity contribution is 7.80. The molecule has 2 aromatic rings. The zero-order valence-corrected chi connectivity index (χ0v) is 14.7. The van der Waals surface area contributed by atoms with Crippen LogP contribution in [0.5, 0.6) is 0 Å². The summed E-state index contributed by atoms with van der Waals surface area (Å²) in [5.74, 6) is 0.0351. The van der Waals surface area contributed by atoms with Gasteiger partial charge in [-0.2, -0.15) is 0 Å². The van der Waals surface area contributed by atoms with Crippen molar-refractivity contribution in [1.82, 2.24) is 9.55 Å². The number of hydrogen-bond donors (Lipinski definition) is 1. The quantitative estimate of drug-likeness (QED) is 0.647. The number of anilines is 2. The Hall–Kier alpha value is -2.12. The number of carbonyl (C=O) groups is 1. The van der Waals surface area contributed by atoms with Crippen LogP contribution in [-0.4, -0.2) is 27.2 Å². The Bertz CT molecular complexity index is 771. The van der Waals surface area contributed by atoms with Crippen LogP contribution < -0.4 is 10.6 Å². The number of aromatic nitrogens is 2. The molecular formula is C16H17ClN4O2S. The predicted molar refractivity (Wildman–Crippen MR) is 96.8 cm³/mol. The molecule has 8 heteroatoms. The predicted octanol–water partition coefficient (Wildman–Crippen LogP) is 3.43. The van der Waals surface area contributed by atoms with E-state index in [1.807, 2.05) is 4.57 Å². The summed E-state index contributed by atoms with van der Waals surface area (Å²) >= 11 is 11.2. The molecule has 1 aromatic heterocycles. The molecule has 0 saturated heterocycles. The smallest absolute Gasteiger partial charge is 0.360 e. The normalized spacial score (nSPS) is 13.6. The van der Waals surface area contributed by atoms with Crippen molar-refractivity contribution in [2.45, 2.75) is 25.8 Å². The number of benzene rings is 1. The molecule has 1 heterocycles. The van der Waals surface area contributed by atoms with Crippen LogP contribution in [0.3, 0.4) is 0 Å². The van der Waals surface area contributed by atoms with Crippen LogP contribution in [0.1, 0.15) is 36.3 Å². The van der Waals surface area contributed by atoms with Crippen molar-refractivity contribution >= 4 is 46.4 Å². The minimum Gasteiger partial charge on any atom is -0.461 e. The van der Waals surface area contributed by atoms with Gasteiger partial charge in [0.05, 0.1) is 12.9 Å². The summed E-state index contributed by atoms with van der Waals surface area (Å²) in [6, 6.07) is 7.36. The molecule has 0 atom stereocenters. The third-order valence-electron chi connectivity index (χ3n) is 3.69. The average molecular weight is 365 g/mol. The number of hydrogen-bond acceptors (Lipinski definition) is 4. The minimum atomic E-state index is -0.498. The van der Waals surface area contributed by atoms with E-state index >= 15 is 0 Å². The molecular weight excluding hydrogens is 348 g/mol. The second kappa shape index (κ2) is 6.78. The van der Waals surface area contributed by atoms with Crippen LogP contribution in [0, 0.1) is 0 Å². The van der Waals surface area contributed by atoms with Gasteiger partial charge in [-0.25, -0.2) is 9.78 Å². The summed E-state index contributed by atoms with van der Waals surface area (Å²) in [4.78, 5) is 18.2. The molecule has 6 nitrogen and oxygen atoms in total. The summed E-state index contributed by atoms with van der Waals surface area (Å²) in [7, 11) is 0. The number of nitrogens with zero attached hydrogens (tertiary/aromatic N) is 3. The standard InChI is InChI=1S/C16H17ClN4O2S/c1-2-23-15(22)13-14(20(9-19-13)11-7-8-11)21(16(18)24)12-5-3-10(17)4-6-12/h3-6,9,11H,2,7-8H2,1H3,(H2,18,24). The van der Waals surface area contributed by atoms with Crippen LogP contribution in [0.15, 0.2) is 30.6 Å². The average Bonchev–Trinajstić information content (AvgIpc) is 3.30. The number of thiocarbonyl (C=S) groups is 1. The number of esters is 1. The molecule has 126 valence electrons. The summed E-state index contributed by atoms with van der Waals surface area (Å²) in [5, 5.41) is 0.716. The summed E-state index contributed by atoms with van der Waals surface area (Å²) in [5.41, 5.74) is 6.87. The Labute approximate surface area is 150 Å². The lowest BCUT2D eigenvalue weighted by molar-refractivity contribution is 0.0521. The van der Waals surface area contributed by atoms with Crippen LogP contribution in [0.25, 0.3) is 0 Å².